The van der Waals surface area contributed by atoms with Crippen molar-refractivity contribution in [2.75, 3.05) is 6.54 Å². The van der Waals surface area contributed by atoms with Crippen molar-refractivity contribution in [3.8, 4) is 11.5 Å². The van der Waals surface area contributed by atoms with Crippen LogP contribution in [-0.4, -0.2) is 6.54 Å². The van der Waals surface area contributed by atoms with Gasteiger partial charge in [-0.2, -0.15) is 0 Å². The molecule has 0 aliphatic heterocycles. The fourth-order valence-electron chi connectivity index (χ4n) is 1.84. The van der Waals surface area contributed by atoms with Crippen molar-refractivity contribution in [1.82, 2.24) is 5.32 Å². The van der Waals surface area contributed by atoms with Crippen LogP contribution >= 0.6 is 27.5 Å². The predicted molar refractivity (Wildman–Crippen MR) is 87.6 cm³/mol. The lowest BCUT2D eigenvalue weighted by molar-refractivity contribution is 0.470. The Hall–Kier alpha value is -1.10. The molecule has 0 bridgehead atoms. The maximum absolute atomic E-state index is 13.3. The van der Waals surface area contributed by atoms with Gasteiger partial charge < -0.3 is 10.1 Å². The number of hydrogen-bond donors (Lipinski definition) is 1. The molecule has 2 rings (SSSR count). The minimum Gasteiger partial charge on any atom is -0.457 e. The van der Waals surface area contributed by atoms with Crippen molar-refractivity contribution in [2.45, 2.75) is 19.9 Å². The molecule has 0 atom stereocenters. The minimum atomic E-state index is -0.321. The Kier molecular flexibility index (Phi) is 6.03. The first kappa shape index (κ1) is 16.3. The quantitative estimate of drug-likeness (QED) is 0.673. The van der Waals surface area contributed by atoms with Crippen molar-refractivity contribution in [1.29, 1.82) is 0 Å². The van der Waals surface area contributed by atoms with Crippen molar-refractivity contribution in [3.63, 3.8) is 0 Å². The summed E-state index contributed by atoms with van der Waals surface area (Å²) in [7, 11) is 0. The van der Waals surface area contributed by atoms with Crippen LogP contribution in [0.5, 0.6) is 11.5 Å². The monoisotopic (exact) mass is 371 g/mol. The molecule has 0 radical (unpaired) electrons. The molecule has 0 aliphatic rings. The van der Waals surface area contributed by atoms with E-state index < -0.39 is 0 Å². The largest absolute Gasteiger partial charge is 0.457 e. The molecule has 0 saturated carbocycles. The number of ether oxygens (including phenoxy) is 1. The first-order chi connectivity index (χ1) is 10.1. The molecule has 1 N–H and O–H groups in total. The van der Waals surface area contributed by atoms with Gasteiger partial charge in [-0.3, -0.25) is 0 Å². The van der Waals surface area contributed by atoms with E-state index in [-0.39, 0.29) is 5.82 Å². The molecular weight excluding hydrogens is 357 g/mol. The smallest absolute Gasteiger partial charge is 0.137 e. The van der Waals surface area contributed by atoms with E-state index >= 15 is 0 Å². The van der Waals surface area contributed by atoms with Gasteiger partial charge in [-0.05, 0) is 59.2 Å². The summed E-state index contributed by atoms with van der Waals surface area (Å²) in [4.78, 5) is 0. The van der Waals surface area contributed by atoms with E-state index in [0.29, 0.717) is 27.5 Å². The molecule has 0 unspecified atom stereocenters. The fourth-order valence-corrected chi connectivity index (χ4v) is 2.36. The summed E-state index contributed by atoms with van der Waals surface area (Å²) in [5.74, 6) is 0.908. The SMILES string of the molecule is CCCNCc1ccc(Cl)cc1Oc1ccc(F)c(Br)c1. The number of hydrogen-bond acceptors (Lipinski definition) is 2. The Morgan fingerprint density at radius 1 is 1.24 bits per heavy atom. The van der Waals surface area contributed by atoms with Gasteiger partial charge in [0.15, 0.2) is 0 Å². The molecule has 0 spiro atoms. The van der Waals surface area contributed by atoms with E-state index in [0.717, 1.165) is 18.5 Å². The van der Waals surface area contributed by atoms with Crippen LogP contribution in [0.15, 0.2) is 40.9 Å². The van der Waals surface area contributed by atoms with Gasteiger partial charge in [0.25, 0.3) is 0 Å². The molecule has 112 valence electrons. The molecule has 0 aromatic heterocycles. The van der Waals surface area contributed by atoms with E-state index in [1.54, 1.807) is 18.2 Å². The lowest BCUT2D eigenvalue weighted by atomic mass is 10.2. The Morgan fingerprint density at radius 2 is 2.05 bits per heavy atom. The van der Waals surface area contributed by atoms with Gasteiger partial charge in [-0.1, -0.05) is 24.6 Å². The van der Waals surface area contributed by atoms with E-state index in [1.807, 2.05) is 12.1 Å². The summed E-state index contributed by atoms with van der Waals surface area (Å²) in [6, 6.07) is 10.1. The standard InChI is InChI=1S/C16H16BrClFNO/c1-2-7-20-10-11-3-4-12(18)8-16(11)21-13-5-6-15(19)14(17)9-13/h3-6,8-9,20H,2,7,10H2,1H3. The second-order valence-electron chi connectivity index (χ2n) is 4.61. The summed E-state index contributed by atoms with van der Waals surface area (Å²) in [5, 5.41) is 3.93. The average molecular weight is 373 g/mol. The van der Waals surface area contributed by atoms with Gasteiger partial charge in [0.05, 0.1) is 4.47 Å². The molecule has 5 heteroatoms. The maximum atomic E-state index is 13.3. The summed E-state index contributed by atoms with van der Waals surface area (Å²) >= 11 is 9.18. The fraction of sp³-hybridized carbons (Fsp3) is 0.250. The van der Waals surface area contributed by atoms with Gasteiger partial charge in [-0.25, -0.2) is 4.39 Å². The van der Waals surface area contributed by atoms with Crippen LogP contribution in [0.4, 0.5) is 4.39 Å². The Balaban J connectivity index is 2.20. The molecule has 0 saturated heterocycles. The van der Waals surface area contributed by atoms with Gasteiger partial charge in [0.2, 0.25) is 0 Å². The highest BCUT2D eigenvalue weighted by molar-refractivity contribution is 9.10. The third-order valence-corrected chi connectivity index (χ3v) is 3.73. The van der Waals surface area contributed by atoms with Crippen LogP contribution in [0.2, 0.25) is 5.02 Å². The lowest BCUT2D eigenvalue weighted by Crippen LogP contribution is -2.14. The Bertz CT molecular complexity index is 621. The zero-order valence-corrected chi connectivity index (χ0v) is 14.0. The van der Waals surface area contributed by atoms with Gasteiger partial charge in [-0.15, -0.1) is 0 Å². The zero-order chi connectivity index (χ0) is 15.2. The molecule has 2 aromatic carbocycles. The number of halogens is 3. The first-order valence-corrected chi connectivity index (χ1v) is 7.89. The summed E-state index contributed by atoms with van der Waals surface area (Å²) in [5.41, 5.74) is 1.01. The van der Waals surface area contributed by atoms with Crippen molar-refractivity contribution >= 4 is 27.5 Å². The molecular formula is C16H16BrClFNO. The summed E-state index contributed by atoms with van der Waals surface area (Å²) in [6.07, 6.45) is 1.06. The number of nitrogens with one attached hydrogen (secondary N) is 1. The molecule has 0 fully saturated rings. The predicted octanol–water partition coefficient (Wildman–Crippen LogP) is 5.53. The van der Waals surface area contributed by atoms with E-state index in [4.69, 9.17) is 16.3 Å². The zero-order valence-electron chi connectivity index (χ0n) is 11.6. The number of benzene rings is 2. The first-order valence-electron chi connectivity index (χ1n) is 6.72. The lowest BCUT2D eigenvalue weighted by Gasteiger charge is -2.12. The second kappa shape index (κ2) is 7.78. The summed E-state index contributed by atoms with van der Waals surface area (Å²) < 4.78 is 19.5. The highest BCUT2D eigenvalue weighted by atomic mass is 79.9. The van der Waals surface area contributed by atoms with Crippen LogP contribution in [0.25, 0.3) is 0 Å². The third kappa shape index (κ3) is 4.70. The van der Waals surface area contributed by atoms with Crippen LogP contribution in [0.3, 0.4) is 0 Å². The van der Waals surface area contributed by atoms with Crippen LogP contribution in [0, 0.1) is 5.82 Å². The van der Waals surface area contributed by atoms with Crippen LogP contribution in [-0.2, 0) is 6.54 Å². The third-order valence-electron chi connectivity index (χ3n) is 2.89. The highest BCUT2D eigenvalue weighted by Gasteiger charge is 2.08. The molecule has 0 amide bonds. The Labute approximate surface area is 137 Å². The minimum absolute atomic E-state index is 0.321. The van der Waals surface area contributed by atoms with E-state index in [2.05, 4.69) is 28.2 Å². The molecule has 21 heavy (non-hydrogen) atoms. The molecule has 2 nitrogen and oxygen atoms in total. The van der Waals surface area contributed by atoms with Crippen molar-refractivity contribution in [2.24, 2.45) is 0 Å². The average Bonchev–Trinajstić information content (AvgIpc) is 2.45. The van der Waals surface area contributed by atoms with Gasteiger partial charge in [0, 0.05) is 17.1 Å². The normalized spacial score (nSPS) is 10.7. The highest BCUT2D eigenvalue weighted by Crippen LogP contribution is 2.30. The van der Waals surface area contributed by atoms with E-state index in [9.17, 15) is 4.39 Å². The van der Waals surface area contributed by atoms with E-state index in [1.165, 1.54) is 6.07 Å². The molecule has 0 aliphatic carbocycles. The topological polar surface area (TPSA) is 21.3 Å². The van der Waals surface area contributed by atoms with Crippen LogP contribution in [0.1, 0.15) is 18.9 Å². The van der Waals surface area contributed by atoms with Gasteiger partial charge >= 0.3 is 0 Å². The number of rotatable bonds is 6. The Morgan fingerprint density at radius 3 is 2.76 bits per heavy atom. The maximum Gasteiger partial charge on any atom is 0.137 e. The van der Waals surface area contributed by atoms with Crippen LogP contribution < -0.4 is 10.1 Å². The second-order valence-corrected chi connectivity index (χ2v) is 5.90. The molecule has 0 heterocycles. The summed E-state index contributed by atoms with van der Waals surface area (Å²) in [6.45, 7) is 3.75. The van der Waals surface area contributed by atoms with Gasteiger partial charge in [0.1, 0.15) is 17.3 Å². The molecule has 2 aromatic rings. The van der Waals surface area contributed by atoms with Crippen molar-refractivity contribution in [3.05, 3.63) is 57.3 Å². The van der Waals surface area contributed by atoms with Crippen molar-refractivity contribution < 1.29 is 9.13 Å².